The molecule has 110 valence electrons. The van der Waals surface area contributed by atoms with Crippen LogP contribution in [-0.2, 0) is 9.53 Å². The average molecular weight is 277 g/mol. The number of rotatable bonds is 7. The SMILES string of the molecule is CN(C)CCOCCN1CNC(c2ccccc2)C1=O. The first kappa shape index (κ1) is 15.0. The van der Waals surface area contributed by atoms with Crippen LogP contribution in [0.4, 0.5) is 0 Å². The van der Waals surface area contributed by atoms with Gasteiger partial charge in [0.25, 0.3) is 0 Å². The Kier molecular flexibility index (Phi) is 5.52. The Hall–Kier alpha value is -1.43. The monoisotopic (exact) mass is 277 g/mol. The molecule has 0 bridgehead atoms. The van der Waals surface area contributed by atoms with Crippen LogP contribution in [0, 0.1) is 0 Å². The van der Waals surface area contributed by atoms with Crippen molar-refractivity contribution in [3.63, 3.8) is 0 Å². The molecule has 1 aromatic carbocycles. The number of nitrogens with zero attached hydrogens (tertiary/aromatic N) is 2. The summed E-state index contributed by atoms with van der Waals surface area (Å²) >= 11 is 0. The van der Waals surface area contributed by atoms with Crippen molar-refractivity contribution in [2.45, 2.75) is 6.04 Å². The molecule has 1 unspecified atom stereocenters. The molecule has 1 N–H and O–H groups in total. The first-order chi connectivity index (χ1) is 9.68. The highest BCUT2D eigenvalue weighted by Crippen LogP contribution is 2.19. The lowest BCUT2D eigenvalue weighted by molar-refractivity contribution is -0.129. The summed E-state index contributed by atoms with van der Waals surface area (Å²) < 4.78 is 5.53. The van der Waals surface area contributed by atoms with Gasteiger partial charge in [-0.3, -0.25) is 10.1 Å². The Morgan fingerprint density at radius 3 is 2.75 bits per heavy atom. The second kappa shape index (κ2) is 7.38. The maximum Gasteiger partial charge on any atom is 0.245 e. The predicted molar refractivity (Wildman–Crippen MR) is 78.3 cm³/mol. The van der Waals surface area contributed by atoms with E-state index >= 15 is 0 Å². The number of ether oxygens (including phenoxy) is 1. The molecule has 1 fully saturated rings. The van der Waals surface area contributed by atoms with Gasteiger partial charge in [-0.15, -0.1) is 0 Å². The molecule has 1 amide bonds. The van der Waals surface area contributed by atoms with E-state index in [-0.39, 0.29) is 11.9 Å². The zero-order valence-corrected chi connectivity index (χ0v) is 12.2. The summed E-state index contributed by atoms with van der Waals surface area (Å²) in [6.45, 7) is 3.42. The summed E-state index contributed by atoms with van der Waals surface area (Å²) in [6.07, 6.45) is 0. The minimum Gasteiger partial charge on any atom is -0.378 e. The number of nitrogens with one attached hydrogen (secondary N) is 1. The van der Waals surface area contributed by atoms with Gasteiger partial charge in [0.15, 0.2) is 0 Å². The number of amides is 1. The highest BCUT2D eigenvalue weighted by Gasteiger charge is 2.31. The van der Waals surface area contributed by atoms with E-state index in [9.17, 15) is 4.79 Å². The number of benzene rings is 1. The third-order valence-corrected chi connectivity index (χ3v) is 3.37. The zero-order valence-electron chi connectivity index (χ0n) is 12.2. The molecule has 5 nitrogen and oxygen atoms in total. The fourth-order valence-corrected chi connectivity index (χ4v) is 2.17. The van der Waals surface area contributed by atoms with E-state index in [1.54, 1.807) is 0 Å². The minimum absolute atomic E-state index is 0.132. The van der Waals surface area contributed by atoms with Crippen molar-refractivity contribution >= 4 is 5.91 Å². The van der Waals surface area contributed by atoms with Gasteiger partial charge in [0.05, 0.1) is 19.9 Å². The maximum absolute atomic E-state index is 12.3. The van der Waals surface area contributed by atoms with E-state index in [4.69, 9.17) is 4.74 Å². The van der Waals surface area contributed by atoms with Crippen LogP contribution in [0.3, 0.4) is 0 Å². The summed E-state index contributed by atoms with van der Waals surface area (Å²) in [6, 6.07) is 9.62. The van der Waals surface area contributed by atoms with Crippen molar-refractivity contribution in [2.24, 2.45) is 0 Å². The van der Waals surface area contributed by atoms with Gasteiger partial charge in [0, 0.05) is 13.1 Å². The number of carbonyl (C=O) groups excluding carboxylic acids is 1. The zero-order chi connectivity index (χ0) is 14.4. The number of hydrogen-bond acceptors (Lipinski definition) is 4. The molecule has 2 rings (SSSR count). The molecular formula is C15H23N3O2. The van der Waals surface area contributed by atoms with Crippen molar-refractivity contribution in [2.75, 3.05) is 47.1 Å². The van der Waals surface area contributed by atoms with E-state index in [1.807, 2.05) is 49.3 Å². The van der Waals surface area contributed by atoms with E-state index in [0.717, 1.165) is 12.1 Å². The van der Waals surface area contributed by atoms with Crippen molar-refractivity contribution in [1.82, 2.24) is 15.1 Å². The van der Waals surface area contributed by atoms with Gasteiger partial charge in [-0.25, -0.2) is 0 Å². The van der Waals surface area contributed by atoms with E-state index in [1.165, 1.54) is 0 Å². The van der Waals surface area contributed by atoms with Gasteiger partial charge in [-0.1, -0.05) is 30.3 Å². The average Bonchev–Trinajstić information content (AvgIpc) is 2.80. The Bertz CT molecular complexity index is 422. The van der Waals surface area contributed by atoms with Crippen molar-refractivity contribution in [3.8, 4) is 0 Å². The van der Waals surface area contributed by atoms with Gasteiger partial charge in [0.2, 0.25) is 5.91 Å². The van der Waals surface area contributed by atoms with E-state index in [2.05, 4.69) is 10.2 Å². The summed E-state index contributed by atoms with van der Waals surface area (Å²) in [5.41, 5.74) is 1.02. The molecular weight excluding hydrogens is 254 g/mol. The molecule has 1 aliphatic rings. The van der Waals surface area contributed by atoms with Crippen LogP contribution < -0.4 is 5.32 Å². The molecule has 1 atom stereocenters. The van der Waals surface area contributed by atoms with Gasteiger partial charge < -0.3 is 14.5 Å². The van der Waals surface area contributed by atoms with Crippen LogP contribution >= 0.6 is 0 Å². The van der Waals surface area contributed by atoms with Crippen LogP contribution in [0.1, 0.15) is 11.6 Å². The van der Waals surface area contributed by atoms with Crippen molar-refractivity contribution in [3.05, 3.63) is 35.9 Å². The lowest BCUT2D eigenvalue weighted by atomic mass is 10.1. The third kappa shape index (κ3) is 4.03. The second-order valence-corrected chi connectivity index (χ2v) is 5.22. The molecule has 1 aromatic rings. The molecule has 1 heterocycles. The highest BCUT2D eigenvalue weighted by molar-refractivity contribution is 5.85. The Morgan fingerprint density at radius 1 is 1.30 bits per heavy atom. The highest BCUT2D eigenvalue weighted by atomic mass is 16.5. The van der Waals surface area contributed by atoms with Gasteiger partial charge >= 0.3 is 0 Å². The first-order valence-electron chi connectivity index (χ1n) is 6.98. The third-order valence-electron chi connectivity index (χ3n) is 3.37. The van der Waals surface area contributed by atoms with Crippen molar-refractivity contribution in [1.29, 1.82) is 0 Å². The Morgan fingerprint density at radius 2 is 2.05 bits per heavy atom. The molecule has 0 saturated carbocycles. The van der Waals surface area contributed by atoms with Crippen molar-refractivity contribution < 1.29 is 9.53 Å². The molecule has 1 aliphatic heterocycles. The smallest absolute Gasteiger partial charge is 0.245 e. The fraction of sp³-hybridized carbons (Fsp3) is 0.533. The topological polar surface area (TPSA) is 44.8 Å². The molecule has 0 radical (unpaired) electrons. The summed E-state index contributed by atoms with van der Waals surface area (Å²) in [5.74, 6) is 0.132. The second-order valence-electron chi connectivity index (χ2n) is 5.22. The number of carbonyl (C=O) groups is 1. The van der Waals surface area contributed by atoms with Gasteiger partial charge in [-0.05, 0) is 19.7 Å². The van der Waals surface area contributed by atoms with Crippen LogP contribution in [0.2, 0.25) is 0 Å². The Labute approximate surface area is 120 Å². The standard InChI is InChI=1S/C15H23N3O2/c1-17(2)8-10-20-11-9-18-12-16-14(15(18)19)13-6-4-3-5-7-13/h3-7,14,16H,8-12H2,1-2H3. The minimum atomic E-state index is -0.210. The van der Waals surface area contributed by atoms with Crippen LogP contribution in [-0.4, -0.2) is 62.8 Å². The molecule has 20 heavy (non-hydrogen) atoms. The lowest BCUT2D eigenvalue weighted by Gasteiger charge is -2.16. The quantitative estimate of drug-likeness (QED) is 0.745. The number of hydrogen-bond donors (Lipinski definition) is 1. The van der Waals surface area contributed by atoms with Crippen LogP contribution in [0.15, 0.2) is 30.3 Å². The van der Waals surface area contributed by atoms with E-state index < -0.39 is 0 Å². The molecule has 1 saturated heterocycles. The largest absolute Gasteiger partial charge is 0.378 e. The summed E-state index contributed by atoms with van der Waals surface area (Å²) in [7, 11) is 4.03. The normalized spacial score (nSPS) is 19.1. The van der Waals surface area contributed by atoms with E-state index in [0.29, 0.717) is 26.4 Å². The van der Waals surface area contributed by atoms with Gasteiger partial charge in [-0.2, -0.15) is 0 Å². The van der Waals surface area contributed by atoms with Gasteiger partial charge in [0.1, 0.15) is 6.04 Å². The molecule has 5 heteroatoms. The molecule has 0 spiro atoms. The fourth-order valence-electron chi connectivity index (χ4n) is 2.17. The van der Waals surface area contributed by atoms with Crippen LogP contribution in [0.5, 0.6) is 0 Å². The molecule has 0 aromatic heterocycles. The summed E-state index contributed by atoms with van der Waals surface area (Å²) in [5, 5.41) is 3.24. The lowest BCUT2D eigenvalue weighted by Crippen LogP contribution is -2.31. The van der Waals surface area contributed by atoms with Crippen LogP contribution in [0.25, 0.3) is 0 Å². The summed E-state index contributed by atoms with van der Waals surface area (Å²) in [4.78, 5) is 16.2. The first-order valence-corrected chi connectivity index (χ1v) is 6.98. The Balaban J connectivity index is 1.74. The number of likely N-dealkylation sites (N-methyl/N-ethyl adjacent to an activating group) is 1. The molecule has 0 aliphatic carbocycles. The predicted octanol–water partition coefficient (Wildman–Crippen LogP) is 0.695. The maximum atomic E-state index is 12.3.